The van der Waals surface area contributed by atoms with Gasteiger partial charge in [-0.3, -0.25) is 9.79 Å². The Balaban J connectivity index is 1.79. The molecule has 0 fully saturated rings. The number of nitrogens with one attached hydrogen (secondary N) is 1. The van der Waals surface area contributed by atoms with E-state index in [1.165, 1.54) is 0 Å². The Hall–Kier alpha value is -2.98. The standard InChI is InChI=1S/C21H14ClN3O/c1-21(19-20(26)25-16-9-7-13(22)10-17(16)24-19)11-23-18-14-5-3-2-4-12(14)6-8-15(18)21/h2-11H,1H3,(H,25,26). The molecule has 2 heterocycles. The van der Waals surface area contributed by atoms with Crippen LogP contribution < -0.4 is 5.56 Å². The van der Waals surface area contributed by atoms with E-state index in [4.69, 9.17) is 11.6 Å². The molecule has 3 aromatic carbocycles. The van der Waals surface area contributed by atoms with Crippen molar-refractivity contribution in [1.29, 1.82) is 0 Å². The normalized spacial score (nSPS) is 18.5. The zero-order chi connectivity index (χ0) is 17.9. The van der Waals surface area contributed by atoms with E-state index in [9.17, 15) is 4.79 Å². The Morgan fingerprint density at radius 2 is 1.92 bits per heavy atom. The van der Waals surface area contributed by atoms with Crippen molar-refractivity contribution in [2.75, 3.05) is 0 Å². The van der Waals surface area contributed by atoms with Gasteiger partial charge in [-0.05, 0) is 36.1 Å². The van der Waals surface area contributed by atoms with Gasteiger partial charge in [0.25, 0.3) is 5.56 Å². The van der Waals surface area contributed by atoms with Crippen LogP contribution in [0.1, 0.15) is 18.2 Å². The molecule has 0 aliphatic carbocycles. The lowest BCUT2D eigenvalue weighted by Gasteiger charge is -2.21. The van der Waals surface area contributed by atoms with E-state index in [-0.39, 0.29) is 5.56 Å². The second-order valence-corrected chi connectivity index (χ2v) is 7.16. The summed E-state index contributed by atoms with van der Waals surface area (Å²) >= 11 is 6.09. The first-order valence-electron chi connectivity index (χ1n) is 8.34. The molecule has 1 aliphatic heterocycles. The third-order valence-electron chi connectivity index (χ3n) is 5.06. The van der Waals surface area contributed by atoms with Gasteiger partial charge >= 0.3 is 0 Å². The van der Waals surface area contributed by atoms with Crippen LogP contribution in [0.15, 0.2) is 64.4 Å². The average molecular weight is 360 g/mol. The first-order chi connectivity index (χ1) is 12.6. The van der Waals surface area contributed by atoms with Crippen LogP contribution in [0.2, 0.25) is 5.02 Å². The molecule has 0 spiro atoms. The minimum atomic E-state index is -0.691. The zero-order valence-corrected chi connectivity index (χ0v) is 14.7. The molecule has 5 heteroatoms. The molecule has 1 N–H and O–H groups in total. The molecular formula is C21H14ClN3O. The van der Waals surface area contributed by atoms with Crippen LogP contribution >= 0.6 is 11.6 Å². The molecule has 0 bridgehead atoms. The Morgan fingerprint density at radius 3 is 2.81 bits per heavy atom. The van der Waals surface area contributed by atoms with Crippen molar-refractivity contribution >= 4 is 45.3 Å². The maximum atomic E-state index is 12.8. The van der Waals surface area contributed by atoms with Gasteiger partial charge < -0.3 is 4.98 Å². The summed E-state index contributed by atoms with van der Waals surface area (Å²) in [6, 6.07) is 17.5. The van der Waals surface area contributed by atoms with Crippen LogP contribution in [0.25, 0.3) is 21.8 Å². The fraction of sp³-hybridized carbons (Fsp3) is 0.0952. The minimum Gasteiger partial charge on any atom is -0.319 e. The third kappa shape index (κ3) is 2.06. The van der Waals surface area contributed by atoms with Crippen molar-refractivity contribution < 1.29 is 0 Å². The maximum Gasteiger partial charge on any atom is 0.271 e. The van der Waals surface area contributed by atoms with Crippen molar-refractivity contribution in [1.82, 2.24) is 9.97 Å². The Bertz CT molecular complexity index is 1290. The lowest BCUT2D eigenvalue weighted by Crippen LogP contribution is -2.32. The number of fused-ring (bicyclic) bond motifs is 4. The van der Waals surface area contributed by atoms with E-state index in [1.54, 1.807) is 18.2 Å². The Labute approximate surface area is 154 Å². The predicted octanol–water partition coefficient (Wildman–Crippen LogP) is 4.75. The van der Waals surface area contributed by atoms with E-state index in [2.05, 4.69) is 33.2 Å². The van der Waals surface area contributed by atoms with Crippen LogP contribution in [-0.2, 0) is 5.41 Å². The maximum absolute atomic E-state index is 12.8. The van der Waals surface area contributed by atoms with E-state index in [0.29, 0.717) is 21.7 Å². The summed E-state index contributed by atoms with van der Waals surface area (Å²) in [5.41, 5.74) is 2.73. The quantitative estimate of drug-likeness (QED) is 0.533. The van der Waals surface area contributed by atoms with E-state index >= 15 is 0 Å². The number of halogens is 1. The second-order valence-electron chi connectivity index (χ2n) is 6.72. The summed E-state index contributed by atoms with van der Waals surface area (Å²) in [5.74, 6) is 0. The van der Waals surface area contributed by atoms with Crippen LogP contribution in [0, 0.1) is 0 Å². The molecule has 26 heavy (non-hydrogen) atoms. The molecular weight excluding hydrogens is 346 g/mol. The van der Waals surface area contributed by atoms with Gasteiger partial charge in [0.15, 0.2) is 0 Å². The highest BCUT2D eigenvalue weighted by atomic mass is 35.5. The number of nitrogens with zero attached hydrogens (tertiary/aromatic N) is 2. The average Bonchev–Trinajstić information content (AvgIpc) is 3.00. The molecule has 1 aliphatic rings. The summed E-state index contributed by atoms with van der Waals surface area (Å²) in [4.78, 5) is 25.0. The molecule has 1 atom stereocenters. The van der Waals surface area contributed by atoms with Gasteiger partial charge in [0, 0.05) is 16.6 Å². The van der Waals surface area contributed by atoms with Crippen molar-refractivity contribution in [3.8, 4) is 0 Å². The predicted molar refractivity (Wildman–Crippen MR) is 106 cm³/mol. The number of aromatic nitrogens is 2. The molecule has 5 rings (SSSR count). The van der Waals surface area contributed by atoms with E-state index < -0.39 is 5.41 Å². The molecule has 0 saturated heterocycles. The first-order valence-corrected chi connectivity index (χ1v) is 8.71. The number of hydrogen-bond donors (Lipinski definition) is 1. The van der Waals surface area contributed by atoms with Gasteiger partial charge in [0.2, 0.25) is 0 Å². The van der Waals surface area contributed by atoms with Crippen LogP contribution in [0.3, 0.4) is 0 Å². The zero-order valence-electron chi connectivity index (χ0n) is 14.0. The smallest absolute Gasteiger partial charge is 0.271 e. The first kappa shape index (κ1) is 15.3. The monoisotopic (exact) mass is 359 g/mol. The number of H-pyrrole nitrogens is 1. The van der Waals surface area contributed by atoms with Crippen molar-refractivity contribution in [2.24, 2.45) is 4.99 Å². The van der Waals surface area contributed by atoms with Gasteiger partial charge in [-0.2, -0.15) is 0 Å². The third-order valence-corrected chi connectivity index (χ3v) is 5.29. The molecule has 4 nitrogen and oxygen atoms in total. The van der Waals surface area contributed by atoms with Crippen LogP contribution in [0.4, 0.5) is 5.69 Å². The summed E-state index contributed by atoms with van der Waals surface area (Å²) in [7, 11) is 0. The van der Waals surface area contributed by atoms with Crippen molar-refractivity contribution in [2.45, 2.75) is 12.3 Å². The highest BCUT2D eigenvalue weighted by Crippen LogP contribution is 2.43. The summed E-state index contributed by atoms with van der Waals surface area (Å²) in [5, 5.41) is 2.78. The topological polar surface area (TPSA) is 58.1 Å². The van der Waals surface area contributed by atoms with Gasteiger partial charge in [-0.1, -0.05) is 48.0 Å². The Morgan fingerprint density at radius 1 is 1.08 bits per heavy atom. The molecule has 0 radical (unpaired) electrons. The molecule has 4 aromatic rings. The van der Waals surface area contributed by atoms with Gasteiger partial charge in [-0.15, -0.1) is 0 Å². The Kier molecular flexibility index (Phi) is 3.09. The molecule has 126 valence electrons. The second kappa shape index (κ2) is 5.26. The minimum absolute atomic E-state index is 0.213. The SMILES string of the molecule is CC1(c2nc3cc(Cl)ccc3[nH]c2=O)C=Nc2c1ccc1ccccc21. The summed E-state index contributed by atoms with van der Waals surface area (Å²) < 4.78 is 0. The highest BCUT2D eigenvalue weighted by Gasteiger charge is 2.38. The summed E-state index contributed by atoms with van der Waals surface area (Å²) in [6.07, 6.45) is 1.82. The number of aromatic amines is 1. The fourth-order valence-corrected chi connectivity index (χ4v) is 3.84. The highest BCUT2D eigenvalue weighted by molar-refractivity contribution is 6.31. The van der Waals surface area contributed by atoms with Crippen LogP contribution in [-0.4, -0.2) is 16.2 Å². The van der Waals surface area contributed by atoms with Gasteiger partial charge in [0.05, 0.1) is 22.1 Å². The number of aliphatic imine (C=N–C) groups is 1. The van der Waals surface area contributed by atoms with E-state index in [0.717, 1.165) is 22.0 Å². The van der Waals surface area contributed by atoms with Gasteiger partial charge in [0.1, 0.15) is 5.69 Å². The molecule has 0 saturated carbocycles. The van der Waals surface area contributed by atoms with Crippen molar-refractivity contribution in [3.05, 3.63) is 81.2 Å². The van der Waals surface area contributed by atoms with Gasteiger partial charge in [-0.25, -0.2) is 4.98 Å². The van der Waals surface area contributed by atoms with E-state index in [1.807, 2.05) is 31.3 Å². The largest absolute Gasteiger partial charge is 0.319 e. The number of hydrogen-bond acceptors (Lipinski definition) is 3. The summed E-state index contributed by atoms with van der Waals surface area (Å²) in [6.45, 7) is 1.98. The molecule has 1 aromatic heterocycles. The molecule has 1 unspecified atom stereocenters. The van der Waals surface area contributed by atoms with Crippen LogP contribution in [0.5, 0.6) is 0 Å². The van der Waals surface area contributed by atoms with Crippen molar-refractivity contribution in [3.63, 3.8) is 0 Å². The number of benzene rings is 3. The molecule has 0 amide bonds. The lowest BCUT2D eigenvalue weighted by atomic mass is 9.80. The number of rotatable bonds is 1. The lowest BCUT2D eigenvalue weighted by molar-refractivity contribution is 0.758. The fourth-order valence-electron chi connectivity index (χ4n) is 3.67.